The molecule has 198 valence electrons. The molecule has 2 aromatic carbocycles. The van der Waals surface area contributed by atoms with E-state index in [1.807, 2.05) is 60.3 Å². The number of carbonyl (C=O) groups excluding carboxylic acids is 2. The average molecular weight is 523 g/mol. The van der Waals surface area contributed by atoms with Gasteiger partial charge < -0.3 is 19.7 Å². The van der Waals surface area contributed by atoms with Gasteiger partial charge in [0.25, 0.3) is 0 Å². The second kappa shape index (κ2) is 14.8. The molecule has 1 N–H and O–H groups in total. The fourth-order valence-corrected chi connectivity index (χ4v) is 4.08. The summed E-state index contributed by atoms with van der Waals surface area (Å²) in [7, 11) is 0. The van der Waals surface area contributed by atoms with Crippen LogP contribution in [0.15, 0.2) is 48.5 Å². The summed E-state index contributed by atoms with van der Waals surface area (Å²) in [6.07, 6.45) is 4.12. The van der Waals surface area contributed by atoms with Crippen LogP contribution in [0.5, 0.6) is 0 Å². The largest absolute Gasteiger partial charge is 0.379 e. The molecule has 2 aromatic rings. The van der Waals surface area contributed by atoms with Gasteiger partial charge in [0.15, 0.2) is 0 Å². The van der Waals surface area contributed by atoms with Crippen LogP contribution in [0.1, 0.15) is 56.2 Å². The number of rotatable bonds is 14. The molecular weight excluding hydrogens is 484 g/mol. The lowest BCUT2D eigenvalue weighted by Gasteiger charge is -2.26. The van der Waals surface area contributed by atoms with Gasteiger partial charge in [-0.3, -0.25) is 9.59 Å². The van der Waals surface area contributed by atoms with Gasteiger partial charge in [-0.2, -0.15) is 11.8 Å². The Bertz CT molecular complexity index is 1110. The normalized spacial score (nSPS) is 12.5. The number of ether oxygens (including phenoxy) is 2. The molecule has 0 saturated carbocycles. The summed E-state index contributed by atoms with van der Waals surface area (Å²) in [5, 5.41) is 2.89. The summed E-state index contributed by atoms with van der Waals surface area (Å²) in [4.78, 5) is 27.3. The number of hydrogen-bond donors (Lipinski definition) is 1. The van der Waals surface area contributed by atoms with Gasteiger partial charge in [-0.25, -0.2) is 0 Å². The molecule has 0 bridgehead atoms. The molecule has 1 heterocycles. The van der Waals surface area contributed by atoms with E-state index in [0.717, 1.165) is 35.4 Å². The first-order valence-corrected chi connectivity index (χ1v) is 14.1. The summed E-state index contributed by atoms with van der Waals surface area (Å²) < 4.78 is 11.4. The Morgan fingerprint density at radius 1 is 0.946 bits per heavy atom. The minimum absolute atomic E-state index is 0.0923. The van der Waals surface area contributed by atoms with Gasteiger partial charge in [-0.1, -0.05) is 56.0 Å². The maximum absolute atomic E-state index is 13.2. The Labute approximate surface area is 225 Å². The lowest BCUT2D eigenvalue weighted by Crippen LogP contribution is -2.33. The van der Waals surface area contributed by atoms with E-state index in [1.165, 1.54) is 0 Å². The highest BCUT2D eigenvalue weighted by atomic mass is 32.2. The van der Waals surface area contributed by atoms with Crippen molar-refractivity contribution >= 4 is 29.3 Å². The summed E-state index contributed by atoms with van der Waals surface area (Å²) in [6.45, 7) is 7.79. The molecule has 0 unspecified atom stereocenters. The average Bonchev–Trinajstić information content (AvgIpc) is 2.89. The van der Waals surface area contributed by atoms with Gasteiger partial charge in [0.05, 0.1) is 25.4 Å². The van der Waals surface area contributed by atoms with Crippen LogP contribution in [0, 0.1) is 11.8 Å². The minimum atomic E-state index is -0.131. The van der Waals surface area contributed by atoms with Crippen LogP contribution in [0.3, 0.4) is 0 Å². The van der Waals surface area contributed by atoms with Crippen molar-refractivity contribution in [2.24, 2.45) is 0 Å². The molecule has 0 fully saturated rings. The molecule has 0 radical (unpaired) electrons. The van der Waals surface area contributed by atoms with Gasteiger partial charge in [0, 0.05) is 48.5 Å². The van der Waals surface area contributed by atoms with Gasteiger partial charge in [-0.05, 0) is 42.9 Å². The predicted molar refractivity (Wildman–Crippen MR) is 151 cm³/mol. The lowest BCUT2D eigenvalue weighted by molar-refractivity contribution is -0.125. The van der Waals surface area contributed by atoms with Gasteiger partial charge in [0.2, 0.25) is 11.8 Å². The Kier molecular flexibility index (Phi) is 11.5. The maximum Gasteiger partial charge on any atom is 0.227 e. The minimum Gasteiger partial charge on any atom is -0.379 e. The third-order valence-electron chi connectivity index (χ3n) is 6.30. The standard InChI is InChI=1S/C30H38N2O4S/c1-30(2,37-3)17-20-36-22-21-35-19-8-18-31-28(33)15-16-29(34)32-23-26-11-5-4-9-24(26)13-14-25-10-6-7-12-27(25)32/h4-7,9-12H,8,15-23H2,1-3H3,(H,31,33). The van der Waals surface area contributed by atoms with Crippen LogP contribution in [0.4, 0.5) is 5.69 Å². The first kappa shape index (κ1) is 28.8. The number of amides is 2. The number of anilines is 1. The highest BCUT2D eigenvalue weighted by Gasteiger charge is 2.21. The molecule has 2 amide bonds. The highest BCUT2D eigenvalue weighted by Crippen LogP contribution is 2.26. The van der Waals surface area contributed by atoms with E-state index in [4.69, 9.17) is 9.47 Å². The second-order valence-electron chi connectivity index (χ2n) is 9.55. The number of nitrogens with one attached hydrogen (secondary N) is 1. The summed E-state index contributed by atoms with van der Waals surface area (Å²) in [6, 6.07) is 15.5. The molecule has 6 nitrogen and oxygen atoms in total. The van der Waals surface area contributed by atoms with Crippen LogP contribution in [-0.4, -0.2) is 55.8 Å². The van der Waals surface area contributed by atoms with Crippen LogP contribution < -0.4 is 10.2 Å². The van der Waals surface area contributed by atoms with E-state index in [-0.39, 0.29) is 29.4 Å². The maximum atomic E-state index is 13.2. The number of nitrogens with zero attached hydrogens (tertiary/aromatic N) is 1. The Hall–Kier alpha value is -2.79. The number of hydrogen-bond acceptors (Lipinski definition) is 5. The number of fused-ring (bicyclic) bond motifs is 2. The smallest absolute Gasteiger partial charge is 0.227 e. The van der Waals surface area contributed by atoms with Crippen molar-refractivity contribution in [2.45, 2.75) is 50.8 Å². The van der Waals surface area contributed by atoms with E-state index in [0.29, 0.717) is 39.3 Å². The van der Waals surface area contributed by atoms with E-state index >= 15 is 0 Å². The SMILES string of the molecule is CSC(C)(C)CCOCCOCCCNC(=O)CCC(=O)N1Cc2ccccc2C#Cc2ccccc21. The zero-order valence-electron chi connectivity index (χ0n) is 22.2. The number of para-hydroxylation sites is 1. The van der Waals surface area contributed by atoms with E-state index in [1.54, 1.807) is 4.90 Å². The van der Waals surface area contributed by atoms with Crippen molar-refractivity contribution in [3.05, 3.63) is 65.2 Å². The molecule has 0 aromatic heterocycles. The molecule has 3 rings (SSSR count). The quantitative estimate of drug-likeness (QED) is 0.286. The summed E-state index contributed by atoms with van der Waals surface area (Å²) >= 11 is 1.84. The Morgan fingerprint density at radius 3 is 2.41 bits per heavy atom. The third kappa shape index (κ3) is 9.55. The molecule has 0 aliphatic carbocycles. The zero-order valence-corrected chi connectivity index (χ0v) is 23.0. The molecule has 1 aliphatic heterocycles. The molecule has 37 heavy (non-hydrogen) atoms. The van der Waals surface area contributed by atoms with Gasteiger partial charge in [-0.15, -0.1) is 0 Å². The fraction of sp³-hybridized carbons (Fsp3) is 0.467. The predicted octanol–water partition coefficient (Wildman–Crippen LogP) is 4.78. The topological polar surface area (TPSA) is 67.9 Å². The monoisotopic (exact) mass is 522 g/mol. The van der Waals surface area contributed by atoms with E-state index < -0.39 is 0 Å². The first-order chi connectivity index (χ1) is 17.9. The summed E-state index contributed by atoms with van der Waals surface area (Å²) in [5.74, 6) is 6.19. The second-order valence-corrected chi connectivity index (χ2v) is 11.1. The van der Waals surface area contributed by atoms with Crippen LogP contribution in [0.25, 0.3) is 0 Å². The van der Waals surface area contributed by atoms with Crippen LogP contribution in [-0.2, 0) is 25.6 Å². The van der Waals surface area contributed by atoms with Crippen LogP contribution >= 0.6 is 11.8 Å². The van der Waals surface area contributed by atoms with Gasteiger partial charge in [0.1, 0.15) is 0 Å². The third-order valence-corrected chi connectivity index (χ3v) is 7.61. The molecular formula is C30H38N2O4S. The number of carbonyl (C=O) groups is 2. The van der Waals surface area contributed by atoms with Crippen molar-refractivity contribution in [1.29, 1.82) is 0 Å². The van der Waals surface area contributed by atoms with Crippen LogP contribution in [0.2, 0.25) is 0 Å². The molecule has 1 aliphatic rings. The van der Waals surface area contributed by atoms with Crippen molar-refractivity contribution in [3.63, 3.8) is 0 Å². The number of benzene rings is 2. The number of thioether (sulfide) groups is 1. The van der Waals surface area contributed by atoms with Crippen molar-refractivity contribution in [3.8, 4) is 11.8 Å². The molecule has 0 spiro atoms. The van der Waals surface area contributed by atoms with E-state index in [2.05, 4.69) is 37.3 Å². The lowest BCUT2D eigenvalue weighted by atomic mass is 10.0. The molecule has 7 heteroatoms. The zero-order chi connectivity index (χ0) is 26.5. The molecule has 0 atom stereocenters. The summed E-state index contributed by atoms with van der Waals surface area (Å²) in [5.41, 5.74) is 3.50. The van der Waals surface area contributed by atoms with Crippen molar-refractivity contribution < 1.29 is 19.1 Å². The Balaban J connectivity index is 1.36. The Morgan fingerprint density at radius 2 is 1.62 bits per heavy atom. The van der Waals surface area contributed by atoms with Crippen molar-refractivity contribution in [2.75, 3.05) is 44.1 Å². The van der Waals surface area contributed by atoms with Gasteiger partial charge >= 0.3 is 0 Å². The van der Waals surface area contributed by atoms with E-state index in [9.17, 15) is 9.59 Å². The van der Waals surface area contributed by atoms with Crippen molar-refractivity contribution in [1.82, 2.24) is 5.32 Å². The first-order valence-electron chi connectivity index (χ1n) is 12.9. The molecule has 0 saturated heterocycles. The highest BCUT2D eigenvalue weighted by molar-refractivity contribution is 7.99. The fourth-order valence-electron chi connectivity index (χ4n) is 3.80.